The van der Waals surface area contributed by atoms with Gasteiger partial charge in [0.15, 0.2) is 0 Å². The molecule has 0 bridgehead atoms. The van der Waals surface area contributed by atoms with E-state index < -0.39 is 0 Å². The molecule has 1 aliphatic heterocycles. The average molecular weight is 200 g/mol. The van der Waals surface area contributed by atoms with Crippen molar-refractivity contribution in [3.8, 4) is 0 Å². The summed E-state index contributed by atoms with van der Waals surface area (Å²) in [7, 11) is 0. The molecule has 0 aliphatic carbocycles. The van der Waals surface area contributed by atoms with Gasteiger partial charge in [0.1, 0.15) is 0 Å². The van der Waals surface area contributed by atoms with Gasteiger partial charge < -0.3 is 10.1 Å². The lowest BCUT2D eigenvalue weighted by atomic mass is 10.1. The van der Waals surface area contributed by atoms with Gasteiger partial charge in [-0.05, 0) is 26.8 Å². The van der Waals surface area contributed by atoms with E-state index in [2.05, 4.69) is 31.0 Å². The largest absolute Gasteiger partial charge is 0.377 e. The lowest BCUT2D eigenvalue weighted by Crippen LogP contribution is -2.58. The molecule has 0 aromatic rings. The third kappa shape index (κ3) is 3.95. The summed E-state index contributed by atoms with van der Waals surface area (Å²) in [6.45, 7) is 11.9. The fourth-order valence-electron chi connectivity index (χ4n) is 1.70. The Morgan fingerprint density at radius 1 is 1.36 bits per heavy atom. The van der Waals surface area contributed by atoms with Crippen molar-refractivity contribution in [3.05, 3.63) is 0 Å². The monoisotopic (exact) mass is 200 g/mol. The van der Waals surface area contributed by atoms with E-state index in [1.54, 1.807) is 0 Å². The Hall–Kier alpha value is -0.120. The third-order valence-corrected chi connectivity index (χ3v) is 2.62. The number of ether oxygens (including phenoxy) is 1. The number of nitrogens with zero attached hydrogens (tertiary/aromatic N) is 1. The fourth-order valence-corrected chi connectivity index (χ4v) is 1.70. The van der Waals surface area contributed by atoms with Crippen LogP contribution in [0.4, 0.5) is 0 Å². The van der Waals surface area contributed by atoms with Crippen LogP contribution in [0.5, 0.6) is 0 Å². The Balaban J connectivity index is 2.14. The SMILES string of the molecule is CCCN(CCOC(C)C)C1CNC1. The predicted octanol–water partition coefficient (Wildman–Crippen LogP) is 1.10. The first kappa shape index (κ1) is 12.0. The normalized spacial score (nSPS) is 17.8. The third-order valence-electron chi connectivity index (χ3n) is 2.62. The molecule has 0 aromatic carbocycles. The molecule has 0 aromatic heterocycles. The summed E-state index contributed by atoms with van der Waals surface area (Å²) in [4.78, 5) is 2.54. The van der Waals surface area contributed by atoms with Gasteiger partial charge in [0.25, 0.3) is 0 Å². The zero-order chi connectivity index (χ0) is 10.4. The molecule has 0 saturated carbocycles. The van der Waals surface area contributed by atoms with Crippen molar-refractivity contribution < 1.29 is 4.74 Å². The molecule has 1 fully saturated rings. The van der Waals surface area contributed by atoms with E-state index in [1.165, 1.54) is 13.0 Å². The first-order valence-electron chi connectivity index (χ1n) is 5.80. The summed E-state index contributed by atoms with van der Waals surface area (Å²) in [6.07, 6.45) is 1.59. The number of hydrogen-bond acceptors (Lipinski definition) is 3. The van der Waals surface area contributed by atoms with Gasteiger partial charge in [0.2, 0.25) is 0 Å². The van der Waals surface area contributed by atoms with Crippen LogP contribution < -0.4 is 5.32 Å². The first-order valence-corrected chi connectivity index (χ1v) is 5.80. The quantitative estimate of drug-likeness (QED) is 0.666. The highest BCUT2D eigenvalue weighted by molar-refractivity contribution is 4.84. The van der Waals surface area contributed by atoms with Gasteiger partial charge in [-0.15, -0.1) is 0 Å². The molecule has 1 N–H and O–H groups in total. The van der Waals surface area contributed by atoms with E-state index in [1.807, 2.05) is 0 Å². The van der Waals surface area contributed by atoms with Gasteiger partial charge in [0.05, 0.1) is 12.7 Å². The highest BCUT2D eigenvalue weighted by Crippen LogP contribution is 2.05. The highest BCUT2D eigenvalue weighted by atomic mass is 16.5. The number of hydrogen-bond donors (Lipinski definition) is 1. The molecule has 0 atom stereocenters. The maximum Gasteiger partial charge on any atom is 0.0597 e. The average Bonchev–Trinajstić information content (AvgIpc) is 2.00. The second-order valence-electron chi connectivity index (χ2n) is 4.27. The molecule has 0 radical (unpaired) electrons. The van der Waals surface area contributed by atoms with Crippen molar-refractivity contribution in [1.29, 1.82) is 0 Å². The summed E-state index contributed by atoms with van der Waals surface area (Å²) in [5.41, 5.74) is 0. The number of rotatable bonds is 7. The molecule has 0 unspecified atom stereocenters. The molecule has 1 heterocycles. The standard InChI is InChI=1S/C11H24N2O/c1-4-5-13(11-8-12-9-11)6-7-14-10(2)3/h10-12H,4-9H2,1-3H3. The van der Waals surface area contributed by atoms with Crippen LogP contribution in [0.2, 0.25) is 0 Å². The van der Waals surface area contributed by atoms with Crippen LogP contribution in [0.25, 0.3) is 0 Å². The van der Waals surface area contributed by atoms with E-state index in [-0.39, 0.29) is 0 Å². The fraction of sp³-hybridized carbons (Fsp3) is 1.00. The zero-order valence-electron chi connectivity index (χ0n) is 9.75. The molecule has 3 nitrogen and oxygen atoms in total. The lowest BCUT2D eigenvalue weighted by molar-refractivity contribution is 0.0407. The van der Waals surface area contributed by atoms with Crippen molar-refractivity contribution in [2.45, 2.75) is 39.3 Å². The van der Waals surface area contributed by atoms with Crippen LogP contribution in [0.15, 0.2) is 0 Å². The molecule has 84 valence electrons. The Labute approximate surface area is 87.8 Å². The highest BCUT2D eigenvalue weighted by Gasteiger charge is 2.23. The van der Waals surface area contributed by atoms with Crippen molar-refractivity contribution in [2.75, 3.05) is 32.8 Å². The van der Waals surface area contributed by atoms with E-state index in [9.17, 15) is 0 Å². The Morgan fingerprint density at radius 3 is 2.50 bits per heavy atom. The minimum atomic E-state index is 0.359. The van der Waals surface area contributed by atoms with E-state index in [0.29, 0.717) is 6.10 Å². The molecule has 1 saturated heterocycles. The van der Waals surface area contributed by atoms with Crippen LogP contribution in [0.1, 0.15) is 27.2 Å². The van der Waals surface area contributed by atoms with Crippen LogP contribution in [-0.2, 0) is 4.74 Å². The van der Waals surface area contributed by atoms with Crippen molar-refractivity contribution in [2.24, 2.45) is 0 Å². The second-order valence-corrected chi connectivity index (χ2v) is 4.27. The van der Waals surface area contributed by atoms with Crippen LogP contribution in [0, 0.1) is 0 Å². The summed E-state index contributed by atoms with van der Waals surface area (Å²) >= 11 is 0. The molecule has 0 spiro atoms. The molecule has 1 rings (SSSR count). The molecule has 14 heavy (non-hydrogen) atoms. The molecular weight excluding hydrogens is 176 g/mol. The topological polar surface area (TPSA) is 24.5 Å². The predicted molar refractivity (Wildman–Crippen MR) is 59.6 cm³/mol. The van der Waals surface area contributed by atoms with Gasteiger partial charge in [0, 0.05) is 25.7 Å². The van der Waals surface area contributed by atoms with Crippen molar-refractivity contribution in [1.82, 2.24) is 10.2 Å². The Bertz CT molecular complexity index is 146. The minimum absolute atomic E-state index is 0.359. The van der Waals surface area contributed by atoms with Crippen molar-refractivity contribution >= 4 is 0 Å². The van der Waals surface area contributed by atoms with E-state index >= 15 is 0 Å². The summed E-state index contributed by atoms with van der Waals surface area (Å²) in [5.74, 6) is 0. The maximum absolute atomic E-state index is 5.58. The number of nitrogens with one attached hydrogen (secondary N) is 1. The van der Waals surface area contributed by atoms with Crippen LogP contribution in [-0.4, -0.2) is 49.8 Å². The second kappa shape index (κ2) is 6.38. The smallest absolute Gasteiger partial charge is 0.0597 e. The zero-order valence-corrected chi connectivity index (χ0v) is 9.75. The lowest BCUT2D eigenvalue weighted by Gasteiger charge is -2.38. The molecule has 1 aliphatic rings. The van der Waals surface area contributed by atoms with Gasteiger partial charge in [-0.3, -0.25) is 4.90 Å². The molecule has 3 heteroatoms. The van der Waals surface area contributed by atoms with Gasteiger partial charge in [-0.2, -0.15) is 0 Å². The van der Waals surface area contributed by atoms with Gasteiger partial charge in [-0.25, -0.2) is 0 Å². The van der Waals surface area contributed by atoms with Gasteiger partial charge in [-0.1, -0.05) is 6.92 Å². The maximum atomic E-state index is 5.58. The van der Waals surface area contributed by atoms with Gasteiger partial charge >= 0.3 is 0 Å². The van der Waals surface area contributed by atoms with Crippen molar-refractivity contribution in [3.63, 3.8) is 0 Å². The summed E-state index contributed by atoms with van der Waals surface area (Å²) < 4.78 is 5.58. The van der Waals surface area contributed by atoms with E-state index in [0.717, 1.165) is 32.3 Å². The molecule has 0 amide bonds. The Kier molecular flexibility index (Phi) is 5.45. The summed E-state index contributed by atoms with van der Waals surface area (Å²) in [5, 5.41) is 3.32. The summed E-state index contributed by atoms with van der Waals surface area (Å²) in [6, 6.07) is 0.755. The first-order chi connectivity index (χ1) is 6.74. The van der Waals surface area contributed by atoms with Crippen LogP contribution in [0.3, 0.4) is 0 Å². The van der Waals surface area contributed by atoms with Crippen LogP contribution >= 0.6 is 0 Å². The minimum Gasteiger partial charge on any atom is -0.377 e. The van der Waals surface area contributed by atoms with E-state index in [4.69, 9.17) is 4.74 Å². The Morgan fingerprint density at radius 2 is 2.07 bits per heavy atom. The molecular formula is C11H24N2O.